The molecule has 1 aliphatic rings. The standard InChI is InChI=1S/C20H19F4NO2/c21-17-5-1-14(2-6-17)13-25-11-9-16(10-12-25)19(26)15-3-7-18(8-4-15)27-20(22,23)24/h1-8,16H,9-13H2. The zero-order valence-corrected chi connectivity index (χ0v) is 14.5. The first kappa shape index (κ1) is 19.4. The van der Waals surface area contributed by atoms with Gasteiger partial charge in [-0.15, -0.1) is 13.2 Å². The van der Waals surface area contributed by atoms with E-state index in [2.05, 4.69) is 9.64 Å². The van der Waals surface area contributed by atoms with Crippen molar-refractivity contribution in [1.82, 2.24) is 4.90 Å². The maximum Gasteiger partial charge on any atom is 0.573 e. The van der Waals surface area contributed by atoms with E-state index in [0.29, 0.717) is 24.9 Å². The van der Waals surface area contributed by atoms with Gasteiger partial charge in [0.2, 0.25) is 0 Å². The van der Waals surface area contributed by atoms with E-state index in [9.17, 15) is 22.4 Å². The predicted molar refractivity (Wildman–Crippen MR) is 91.9 cm³/mol. The highest BCUT2D eigenvalue weighted by Gasteiger charge is 2.31. The van der Waals surface area contributed by atoms with Gasteiger partial charge in [-0.3, -0.25) is 9.69 Å². The first-order chi connectivity index (χ1) is 12.8. The number of ketones is 1. The summed E-state index contributed by atoms with van der Waals surface area (Å²) in [5, 5.41) is 0. The maximum atomic E-state index is 13.0. The lowest BCUT2D eigenvalue weighted by Crippen LogP contribution is -2.35. The normalized spacial score (nSPS) is 16.3. The van der Waals surface area contributed by atoms with Crippen molar-refractivity contribution >= 4 is 5.78 Å². The third kappa shape index (κ3) is 5.53. The van der Waals surface area contributed by atoms with E-state index in [1.165, 1.54) is 24.3 Å². The average molecular weight is 381 g/mol. The van der Waals surface area contributed by atoms with E-state index in [1.807, 2.05) is 0 Å². The third-order valence-electron chi connectivity index (χ3n) is 4.65. The van der Waals surface area contributed by atoms with Gasteiger partial charge < -0.3 is 4.74 Å². The molecule has 0 unspecified atom stereocenters. The van der Waals surface area contributed by atoms with Crippen LogP contribution in [0.15, 0.2) is 48.5 Å². The SMILES string of the molecule is O=C(c1ccc(OC(F)(F)F)cc1)C1CCN(Cc2ccc(F)cc2)CC1. The number of hydrogen-bond donors (Lipinski definition) is 0. The van der Waals surface area contributed by atoms with Gasteiger partial charge in [0, 0.05) is 18.0 Å². The molecular weight excluding hydrogens is 362 g/mol. The smallest absolute Gasteiger partial charge is 0.406 e. The number of benzene rings is 2. The maximum absolute atomic E-state index is 13.0. The zero-order valence-electron chi connectivity index (χ0n) is 14.5. The lowest BCUT2D eigenvalue weighted by molar-refractivity contribution is -0.274. The summed E-state index contributed by atoms with van der Waals surface area (Å²) in [6.45, 7) is 2.18. The Bertz CT molecular complexity index is 764. The number of hydrogen-bond acceptors (Lipinski definition) is 3. The summed E-state index contributed by atoms with van der Waals surface area (Å²) in [6, 6.07) is 11.4. The minimum absolute atomic E-state index is 0.0602. The van der Waals surface area contributed by atoms with Crippen LogP contribution in [0.4, 0.5) is 17.6 Å². The van der Waals surface area contributed by atoms with Crippen molar-refractivity contribution in [2.75, 3.05) is 13.1 Å². The van der Waals surface area contributed by atoms with Gasteiger partial charge in [0.1, 0.15) is 11.6 Å². The number of alkyl halides is 3. The quantitative estimate of drug-likeness (QED) is 0.549. The molecule has 3 nitrogen and oxygen atoms in total. The molecule has 0 N–H and O–H groups in total. The number of piperidine rings is 1. The van der Waals surface area contributed by atoms with Gasteiger partial charge in [0.25, 0.3) is 0 Å². The van der Waals surface area contributed by atoms with Crippen LogP contribution in [0.1, 0.15) is 28.8 Å². The number of likely N-dealkylation sites (tertiary alicyclic amines) is 1. The second kappa shape index (κ2) is 8.08. The molecule has 0 bridgehead atoms. The lowest BCUT2D eigenvalue weighted by Gasteiger charge is -2.31. The fourth-order valence-electron chi connectivity index (χ4n) is 3.26. The van der Waals surface area contributed by atoms with Gasteiger partial charge >= 0.3 is 6.36 Å². The Morgan fingerprint density at radius 3 is 2.15 bits per heavy atom. The third-order valence-corrected chi connectivity index (χ3v) is 4.65. The molecule has 1 fully saturated rings. The fraction of sp³-hybridized carbons (Fsp3) is 0.350. The molecule has 2 aromatic rings. The van der Waals surface area contributed by atoms with Crippen LogP contribution in [0.25, 0.3) is 0 Å². The van der Waals surface area contributed by atoms with Crippen LogP contribution in [-0.4, -0.2) is 30.1 Å². The van der Waals surface area contributed by atoms with E-state index in [1.54, 1.807) is 12.1 Å². The van der Waals surface area contributed by atoms with Crippen LogP contribution in [0.5, 0.6) is 5.75 Å². The molecule has 0 spiro atoms. The van der Waals surface area contributed by atoms with Gasteiger partial charge in [-0.1, -0.05) is 12.1 Å². The highest BCUT2D eigenvalue weighted by Crippen LogP contribution is 2.26. The summed E-state index contributed by atoms with van der Waals surface area (Å²) in [4.78, 5) is 14.8. The van der Waals surface area contributed by atoms with Crippen LogP contribution >= 0.6 is 0 Å². The minimum atomic E-state index is -4.75. The summed E-state index contributed by atoms with van der Waals surface area (Å²) in [5.74, 6) is -0.818. The highest BCUT2D eigenvalue weighted by molar-refractivity contribution is 5.98. The summed E-state index contributed by atoms with van der Waals surface area (Å²) in [5.41, 5.74) is 1.41. The molecule has 0 amide bonds. The number of carbonyl (C=O) groups is 1. The Kier molecular flexibility index (Phi) is 5.79. The Hall–Kier alpha value is -2.41. The first-order valence-corrected chi connectivity index (χ1v) is 8.67. The van der Waals surface area contributed by atoms with Crippen LogP contribution in [0.3, 0.4) is 0 Å². The molecule has 144 valence electrons. The number of ether oxygens (including phenoxy) is 1. The molecule has 27 heavy (non-hydrogen) atoms. The second-order valence-electron chi connectivity index (χ2n) is 6.61. The molecule has 2 aromatic carbocycles. The summed E-state index contributed by atoms with van der Waals surface area (Å²) < 4.78 is 53.4. The largest absolute Gasteiger partial charge is 0.573 e. The van der Waals surface area contributed by atoms with Crippen LogP contribution in [-0.2, 0) is 6.54 Å². The second-order valence-corrected chi connectivity index (χ2v) is 6.61. The van der Waals surface area contributed by atoms with Crippen LogP contribution in [0.2, 0.25) is 0 Å². The number of nitrogens with zero attached hydrogens (tertiary/aromatic N) is 1. The molecule has 1 saturated heterocycles. The number of Topliss-reactive ketones (excluding diaryl/α,β-unsaturated/α-hetero) is 1. The number of carbonyl (C=O) groups excluding carboxylic acids is 1. The zero-order chi connectivity index (χ0) is 19.4. The Morgan fingerprint density at radius 2 is 1.59 bits per heavy atom. The van der Waals surface area contributed by atoms with E-state index in [0.717, 1.165) is 30.8 Å². The van der Waals surface area contributed by atoms with Gasteiger partial charge in [-0.25, -0.2) is 4.39 Å². The molecule has 0 atom stereocenters. The van der Waals surface area contributed by atoms with E-state index in [-0.39, 0.29) is 23.3 Å². The molecule has 0 radical (unpaired) electrons. The topological polar surface area (TPSA) is 29.5 Å². The molecule has 0 aliphatic carbocycles. The summed E-state index contributed by atoms with van der Waals surface area (Å²) >= 11 is 0. The molecule has 1 heterocycles. The van der Waals surface area contributed by atoms with E-state index < -0.39 is 6.36 Å². The molecule has 0 aromatic heterocycles. The van der Waals surface area contributed by atoms with Crippen LogP contribution in [0, 0.1) is 11.7 Å². The molecule has 3 rings (SSSR count). The van der Waals surface area contributed by atoms with Crippen molar-refractivity contribution in [3.05, 3.63) is 65.5 Å². The number of halogens is 4. The van der Waals surface area contributed by atoms with Gasteiger partial charge in [-0.2, -0.15) is 0 Å². The van der Waals surface area contributed by atoms with Crippen LogP contribution < -0.4 is 4.74 Å². The van der Waals surface area contributed by atoms with E-state index >= 15 is 0 Å². The van der Waals surface area contributed by atoms with Crippen molar-refractivity contribution in [1.29, 1.82) is 0 Å². The van der Waals surface area contributed by atoms with E-state index in [4.69, 9.17) is 0 Å². The number of rotatable bonds is 5. The molecular formula is C20H19F4NO2. The van der Waals surface area contributed by atoms with Gasteiger partial charge in [-0.05, 0) is 67.9 Å². The van der Waals surface area contributed by atoms with Gasteiger partial charge in [0.15, 0.2) is 5.78 Å². The molecule has 0 saturated carbocycles. The molecule has 1 aliphatic heterocycles. The lowest BCUT2D eigenvalue weighted by atomic mass is 9.88. The highest BCUT2D eigenvalue weighted by atomic mass is 19.4. The van der Waals surface area contributed by atoms with Gasteiger partial charge in [0.05, 0.1) is 0 Å². The molecule has 7 heteroatoms. The van der Waals surface area contributed by atoms with Crippen molar-refractivity contribution in [3.8, 4) is 5.75 Å². The Balaban J connectivity index is 1.52. The average Bonchev–Trinajstić information content (AvgIpc) is 2.63. The van der Waals surface area contributed by atoms with Crippen molar-refractivity contribution in [2.45, 2.75) is 25.7 Å². The predicted octanol–water partition coefficient (Wildman–Crippen LogP) is 4.82. The Morgan fingerprint density at radius 1 is 1.00 bits per heavy atom. The van der Waals surface area contributed by atoms with Crippen molar-refractivity contribution in [2.24, 2.45) is 5.92 Å². The minimum Gasteiger partial charge on any atom is -0.406 e. The fourth-order valence-corrected chi connectivity index (χ4v) is 3.26. The Labute approximate surface area is 154 Å². The van der Waals surface area contributed by atoms with Crippen molar-refractivity contribution < 1.29 is 27.1 Å². The first-order valence-electron chi connectivity index (χ1n) is 8.67. The summed E-state index contributed by atoms with van der Waals surface area (Å²) in [6.07, 6.45) is -3.38. The summed E-state index contributed by atoms with van der Waals surface area (Å²) in [7, 11) is 0. The monoisotopic (exact) mass is 381 g/mol. The van der Waals surface area contributed by atoms with Crippen molar-refractivity contribution in [3.63, 3.8) is 0 Å².